The lowest BCUT2D eigenvalue weighted by Gasteiger charge is -2.47. The van der Waals surface area contributed by atoms with Crippen LogP contribution in [0.4, 0.5) is 15.9 Å². The van der Waals surface area contributed by atoms with Gasteiger partial charge in [-0.2, -0.15) is 8.42 Å². The van der Waals surface area contributed by atoms with Crippen molar-refractivity contribution in [3.05, 3.63) is 51.9 Å². The summed E-state index contributed by atoms with van der Waals surface area (Å²) >= 11 is 12.6. The molecule has 11 nitrogen and oxygen atoms in total. The highest BCUT2D eigenvalue weighted by Gasteiger charge is 2.34. The van der Waals surface area contributed by atoms with Gasteiger partial charge < -0.3 is 15.3 Å². The quantitative estimate of drug-likeness (QED) is 0.395. The number of pyridine rings is 1. The van der Waals surface area contributed by atoms with E-state index in [1.165, 1.54) is 6.07 Å². The Labute approximate surface area is 262 Å². The van der Waals surface area contributed by atoms with Gasteiger partial charge in [0.1, 0.15) is 11.6 Å². The van der Waals surface area contributed by atoms with Crippen LogP contribution in [0.3, 0.4) is 0 Å². The molecule has 2 aromatic rings. The molecule has 1 aromatic heterocycles. The van der Waals surface area contributed by atoms with Crippen LogP contribution in [0.1, 0.15) is 38.7 Å². The lowest BCUT2D eigenvalue weighted by Crippen LogP contribution is -2.58. The zero-order chi connectivity index (χ0) is 30.7. The van der Waals surface area contributed by atoms with E-state index in [1.54, 1.807) is 31.3 Å². The number of anilines is 2. The minimum atomic E-state index is -3.92. The van der Waals surface area contributed by atoms with Crippen LogP contribution in [-0.2, 0) is 16.8 Å². The molecule has 3 aliphatic heterocycles. The molecule has 3 aliphatic rings. The first-order valence-electron chi connectivity index (χ1n) is 14.5. The van der Waals surface area contributed by atoms with Gasteiger partial charge in [0.05, 0.1) is 29.6 Å². The lowest BCUT2D eigenvalue weighted by atomic mass is 9.97. The lowest BCUT2D eigenvalue weighted by molar-refractivity contribution is 0.0607. The normalized spacial score (nSPS) is 23.3. The third-order valence-corrected chi connectivity index (χ3v) is 9.38. The fourth-order valence-electron chi connectivity index (χ4n) is 5.84. The van der Waals surface area contributed by atoms with Crippen LogP contribution in [0.2, 0.25) is 10.0 Å². The number of nitrogens with one attached hydrogen (secondary N) is 2. The number of hydrogen-bond donors (Lipinski definition) is 3. The Morgan fingerprint density at radius 1 is 1.21 bits per heavy atom. The molecule has 0 unspecified atom stereocenters. The summed E-state index contributed by atoms with van der Waals surface area (Å²) in [4.78, 5) is 15.8. The highest BCUT2D eigenvalue weighted by molar-refractivity contribution is 7.89. The zero-order valence-corrected chi connectivity index (χ0v) is 26.5. The number of piperazine rings is 1. The summed E-state index contributed by atoms with van der Waals surface area (Å²) in [5, 5.41) is 13.3. The highest BCUT2D eigenvalue weighted by atomic mass is 35.5. The molecule has 43 heavy (non-hydrogen) atoms. The van der Waals surface area contributed by atoms with Crippen LogP contribution in [-0.4, -0.2) is 97.4 Å². The van der Waals surface area contributed by atoms with Gasteiger partial charge in [0.2, 0.25) is 0 Å². The molecule has 15 heteroatoms. The van der Waals surface area contributed by atoms with Crippen molar-refractivity contribution in [2.24, 2.45) is 9.39 Å². The average molecular weight is 656 g/mol. The molecule has 0 amide bonds. The summed E-state index contributed by atoms with van der Waals surface area (Å²) in [6, 6.07) is 7.38. The van der Waals surface area contributed by atoms with Gasteiger partial charge in [-0.05, 0) is 57.5 Å². The van der Waals surface area contributed by atoms with Gasteiger partial charge in [-0.25, -0.2) is 14.1 Å². The van der Waals surface area contributed by atoms with E-state index in [-0.39, 0.29) is 24.0 Å². The summed E-state index contributed by atoms with van der Waals surface area (Å²) in [7, 11) is -3.92. The molecular weight excluding hydrogens is 618 g/mol. The number of benzene rings is 1. The second kappa shape index (κ2) is 13.6. The maximum absolute atomic E-state index is 14.3. The van der Waals surface area contributed by atoms with Gasteiger partial charge in [0.25, 0.3) is 0 Å². The molecule has 0 spiro atoms. The van der Waals surface area contributed by atoms with E-state index in [1.807, 2.05) is 0 Å². The number of aromatic nitrogens is 1. The van der Waals surface area contributed by atoms with Crippen molar-refractivity contribution < 1.29 is 17.9 Å². The van der Waals surface area contributed by atoms with E-state index in [9.17, 15) is 17.9 Å². The molecule has 3 N–H and O–H groups in total. The molecule has 4 heterocycles. The van der Waals surface area contributed by atoms with Crippen molar-refractivity contribution in [2.75, 3.05) is 49.5 Å². The smallest absolute Gasteiger partial charge is 0.345 e. The van der Waals surface area contributed by atoms with Gasteiger partial charge in [-0.3, -0.25) is 14.8 Å². The number of rotatable bonds is 8. The SMILES string of the molecule is CC[C@H]1CN(c2ncc(NC3=NS(=O)(=O)NC3=NC[C@H](C)O)cc2Cl)CCN1C1CCN(Cc2ccc(Cl)cc2F)CC1. The van der Waals surface area contributed by atoms with Crippen molar-refractivity contribution in [1.82, 2.24) is 19.5 Å². The van der Waals surface area contributed by atoms with Gasteiger partial charge >= 0.3 is 10.2 Å². The van der Waals surface area contributed by atoms with E-state index < -0.39 is 16.3 Å². The van der Waals surface area contributed by atoms with E-state index in [0.717, 1.165) is 52.0 Å². The van der Waals surface area contributed by atoms with E-state index in [2.05, 4.69) is 46.0 Å². The second-order valence-corrected chi connectivity index (χ2v) is 13.4. The maximum atomic E-state index is 14.3. The van der Waals surface area contributed by atoms with Crippen LogP contribution >= 0.6 is 23.2 Å². The zero-order valence-electron chi connectivity index (χ0n) is 24.2. The molecule has 0 saturated carbocycles. The average Bonchev–Trinajstić information content (AvgIpc) is 3.26. The summed E-state index contributed by atoms with van der Waals surface area (Å²) in [6.07, 6.45) is 3.90. The largest absolute Gasteiger partial charge is 0.391 e. The van der Waals surface area contributed by atoms with Crippen molar-refractivity contribution in [3.63, 3.8) is 0 Å². The monoisotopic (exact) mass is 654 g/mol. The van der Waals surface area contributed by atoms with Crippen LogP contribution in [0.15, 0.2) is 39.9 Å². The molecule has 2 fully saturated rings. The minimum Gasteiger partial charge on any atom is -0.391 e. The Bertz CT molecular complexity index is 1480. The number of aliphatic imine (C=N–C) groups is 1. The van der Waals surface area contributed by atoms with E-state index >= 15 is 0 Å². The van der Waals surface area contributed by atoms with Crippen LogP contribution in [0.25, 0.3) is 0 Å². The summed E-state index contributed by atoms with van der Waals surface area (Å²) in [5.41, 5.74) is 1.14. The Hall–Kier alpha value is -2.55. The summed E-state index contributed by atoms with van der Waals surface area (Å²) in [5.74, 6) is 0.449. The number of halogens is 3. The Morgan fingerprint density at radius 2 is 1.98 bits per heavy atom. The van der Waals surface area contributed by atoms with Crippen molar-refractivity contribution in [3.8, 4) is 0 Å². The van der Waals surface area contributed by atoms with Gasteiger partial charge in [-0.15, -0.1) is 4.40 Å². The Kier molecular flexibility index (Phi) is 10.1. The third-order valence-electron chi connectivity index (χ3n) is 7.99. The first kappa shape index (κ1) is 31.9. The number of piperidine rings is 1. The van der Waals surface area contributed by atoms with E-state index in [0.29, 0.717) is 45.7 Å². The number of nitrogens with zero attached hydrogens (tertiary/aromatic N) is 6. The molecule has 5 rings (SSSR count). The summed E-state index contributed by atoms with van der Waals surface area (Å²) in [6.45, 7) is 8.64. The molecule has 1 aromatic carbocycles. The molecule has 0 bridgehead atoms. The van der Waals surface area contributed by atoms with E-state index in [4.69, 9.17) is 23.2 Å². The minimum absolute atomic E-state index is 0.00951. The molecule has 0 radical (unpaired) electrons. The predicted octanol–water partition coefficient (Wildman–Crippen LogP) is 3.53. The Balaban J connectivity index is 1.18. The number of aliphatic hydroxyl groups excluding tert-OH is 1. The number of aliphatic hydroxyl groups is 1. The second-order valence-electron chi connectivity index (χ2n) is 11.2. The number of likely N-dealkylation sites (tertiary alicyclic amines) is 1. The van der Waals surface area contributed by atoms with Crippen LogP contribution in [0, 0.1) is 5.82 Å². The maximum Gasteiger partial charge on any atom is 0.345 e. The topological polar surface area (TPSA) is 126 Å². The van der Waals surface area contributed by atoms with Crippen molar-refractivity contribution in [2.45, 2.75) is 57.8 Å². The summed E-state index contributed by atoms with van der Waals surface area (Å²) < 4.78 is 44.2. The first-order chi connectivity index (χ1) is 20.5. The van der Waals surface area contributed by atoms with Gasteiger partial charge in [0.15, 0.2) is 11.7 Å². The molecular formula is C28H37Cl2FN8O3S. The highest BCUT2D eigenvalue weighted by Crippen LogP contribution is 2.31. The van der Waals surface area contributed by atoms with Gasteiger partial charge in [0, 0.05) is 48.8 Å². The molecule has 0 aliphatic carbocycles. The van der Waals surface area contributed by atoms with Gasteiger partial charge in [-0.1, -0.05) is 36.2 Å². The standard InChI is InChI=1S/C28H37Cl2FN8O3S/c1-3-22-17-38(10-11-39(22)23-6-8-37(9-7-23)16-19-4-5-20(29)12-25(19)31)28-24(30)13-21(15-33-28)34-27-26(32-14-18(2)40)35-43(41,42)36-27/h4-5,12-13,15,18,22-23,40H,3,6-11,14,16-17H2,1-2H3,(H,32,35)(H,34,36)/t18-,22-/m0/s1. The Morgan fingerprint density at radius 3 is 2.65 bits per heavy atom. The molecule has 2 saturated heterocycles. The third kappa shape index (κ3) is 7.95. The fourth-order valence-corrected chi connectivity index (χ4v) is 7.11. The molecule has 2 atom stereocenters. The van der Waals surface area contributed by atoms with Crippen LogP contribution < -0.4 is 14.9 Å². The number of amidine groups is 2. The first-order valence-corrected chi connectivity index (χ1v) is 16.7. The molecule has 234 valence electrons. The van der Waals surface area contributed by atoms with Crippen molar-refractivity contribution >= 4 is 56.6 Å². The predicted molar refractivity (Wildman–Crippen MR) is 169 cm³/mol. The van der Waals surface area contributed by atoms with Crippen molar-refractivity contribution in [1.29, 1.82) is 0 Å². The van der Waals surface area contributed by atoms with Crippen LogP contribution in [0.5, 0.6) is 0 Å². The fraction of sp³-hybridized carbons (Fsp3) is 0.536. The number of hydrogen-bond acceptors (Lipinski definition) is 9.